The number of H-pyrrole nitrogens is 1. The lowest BCUT2D eigenvalue weighted by molar-refractivity contribution is 0.0336. The molecular formula is C20H26N6O2. The third-order valence-electron chi connectivity index (χ3n) is 4.98. The van der Waals surface area contributed by atoms with E-state index in [2.05, 4.69) is 63.4 Å². The first-order valence-electron chi connectivity index (χ1n) is 9.70. The molecule has 8 nitrogen and oxygen atoms in total. The van der Waals surface area contributed by atoms with Crippen molar-refractivity contribution in [1.82, 2.24) is 24.5 Å². The van der Waals surface area contributed by atoms with E-state index in [0.717, 1.165) is 37.6 Å². The van der Waals surface area contributed by atoms with Gasteiger partial charge in [0, 0.05) is 37.9 Å². The number of morpholine rings is 1. The van der Waals surface area contributed by atoms with E-state index in [0.29, 0.717) is 30.7 Å². The Balaban J connectivity index is 1.46. The minimum Gasteiger partial charge on any atom is -0.379 e. The fourth-order valence-electron chi connectivity index (χ4n) is 3.30. The molecule has 1 saturated heterocycles. The highest BCUT2D eigenvalue weighted by Gasteiger charge is 2.13. The van der Waals surface area contributed by atoms with Crippen LogP contribution in [-0.4, -0.2) is 50.8 Å². The zero-order valence-electron chi connectivity index (χ0n) is 16.3. The molecule has 2 aromatic heterocycles. The maximum atomic E-state index is 12.4. The number of nitrogens with zero attached hydrogens (tertiary/aromatic N) is 4. The van der Waals surface area contributed by atoms with E-state index < -0.39 is 0 Å². The van der Waals surface area contributed by atoms with Crippen LogP contribution in [0.1, 0.15) is 36.6 Å². The summed E-state index contributed by atoms with van der Waals surface area (Å²) in [7, 11) is 0. The van der Waals surface area contributed by atoms with Crippen LogP contribution in [-0.2, 0) is 17.8 Å². The predicted molar refractivity (Wildman–Crippen MR) is 108 cm³/mol. The molecule has 0 atom stereocenters. The normalized spacial score (nSPS) is 15.4. The summed E-state index contributed by atoms with van der Waals surface area (Å²) >= 11 is 0. The molecule has 0 radical (unpaired) electrons. The van der Waals surface area contributed by atoms with Crippen molar-refractivity contribution in [3.63, 3.8) is 0 Å². The third-order valence-corrected chi connectivity index (χ3v) is 4.98. The van der Waals surface area contributed by atoms with E-state index in [-0.39, 0.29) is 5.56 Å². The number of ether oxygens (including phenoxy) is 1. The van der Waals surface area contributed by atoms with Gasteiger partial charge in [0.25, 0.3) is 5.56 Å². The number of anilines is 1. The molecule has 1 aliphatic rings. The van der Waals surface area contributed by atoms with Gasteiger partial charge in [-0.05, 0) is 17.0 Å². The summed E-state index contributed by atoms with van der Waals surface area (Å²) in [4.78, 5) is 22.3. The van der Waals surface area contributed by atoms with Gasteiger partial charge in [0.15, 0.2) is 0 Å². The van der Waals surface area contributed by atoms with Crippen LogP contribution in [0, 0.1) is 0 Å². The van der Waals surface area contributed by atoms with Crippen LogP contribution in [0.4, 0.5) is 5.95 Å². The van der Waals surface area contributed by atoms with E-state index in [9.17, 15) is 4.79 Å². The van der Waals surface area contributed by atoms with Crippen molar-refractivity contribution in [2.75, 3.05) is 31.6 Å². The van der Waals surface area contributed by atoms with E-state index in [4.69, 9.17) is 4.74 Å². The largest absolute Gasteiger partial charge is 0.379 e. The van der Waals surface area contributed by atoms with Gasteiger partial charge in [0.2, 0.25) is 11.7 Å². The fraction of sp³-hybridized carbons (Fsp3) is 0.450. The Bertz CT molecular complexity index is 986. The Hall–Kier alpha value is -2.71. The minimum absolute atomic E-state index is 0.182. The van der Waals surface area contributed by atoms with E-state index in [1.807, 2.05) is 0 Å². The highest BCUT2D eigenvalue weighted by molar-refractivity contribution is 5.38. The lowest BCUT2D eigenvalue weighted by Crippen LogP contribution is -2.36. The van der Waals surface area contributed by atoms with Gasteiger partial charge in [-0.25, -0.2) is 0 Å². The van der Waals surface area contributed by atoms with E-state index in [1.165, 1.54) is 10.1 Å². The molecule has 1 aromatic carbocycles. The van der Waals surface area contributed by atoms with Crippen molar-refractivity contribution >= 4 is 11.7 Å². The second kappa shape index (κ2) is 8.12. The van der Waals surface area contributed by atoms with Crippen LogP contribution < -0.4 is 10.9 Å². The summed E-state index contributed by atoms with van der Waals surface area (Å²) in [6, 6.07) is 10.1. The van der Waals surface area contributed by atoms with Crippen LogP contribution in [0.25, 0.3) is 5.78 Å². The van der Waals surface area contributed by atoms with Crippen molar-refractivity contribution in [3.05, 3.63) is 57.5 Å². The molecule has 148 valence electrons. The smallest absolute Gasteiger partial charge is 0.275 e. The first-order valence-corrected chi connectivity index (χ1v) is 9.70. The van der Waals surface area contributed by atoms with Gasteiger partial charge >= 0.3 is 0 Å². The quantitative estimate of drug-likeness (QED) is 0.678. The van der Waals surface area contributed by atoms with E-state index >= 15 is 0 Å². The second-order valence-corrected chi connectivity index (χ2v) is 7.44. The molecule has 1 fully saturated rings. The Morgan fingerprint density at radius 3 is 2.68 bits per heavy atom. The standard InChI is InChI=1S/C20H26N6O2/c1-14(2)16-5-3-15(4-6-16)12-21-19-23-20-22-17(11-18(27)26(20)24-19)13-25-7-9-28-10-8-25/h3-6,11,14H,7-10,12-13H2,1-2H3,(H2,21,22,23,24). The van der Waals surface area contributed by atoms with Crippen LogP contribution in [0.5, 0.6) is 0 Å². The van der Waals surface area contributed by atoms with Gasteiger partial charge in [0.05, 0.1) is 13.2 Å². The molecule has 3 heterocycles. The number of fused-ring (bicyclic) bond motifs is 1. The Kier molecular flexibility index (Phi) is 5.40. The van der Waals surface area contributed by atoms with E-state index in [1.54, 1.807) is 6.07 Å². The highest BCUT2D eigenvalue weighted by atomic mass is 16.5. The number of nitrogens with one attached hydrogen (secondary N) is 2. The van der Waals surface area contributed by atoms with Crippen molar-refractivity contribution in [2.24, 2.45) is 0 Å². The van der Waals surface area contributed by atoms with Crippen molar-refractivity contribution in [2.45, 2.75) is 32.9 Å². The Morgan fingerprint density at radius 2 is 1.96 bits per heavy atom. The number of hydrogen-bond acceptors (Lipinski definition) is 6. The molecule has 0 bridgehead atoms. The summed E-state index contributed by atoms with van der Waals surface area (Å²) in [6.07, 6.45) is 0. The number of benzene rings is 1. The molecule has 0 saturated carbocycles. The molecule has 0 aliphatic carbocycles. The molecule has 4 rings (SSSR count). The molecule has 8 heteroatoms. The summed E-state index contributed by atoms with van der Waals surface area (Å²) in [5, 5.41) is 7.48. The molecule has 3 aromatic rings. The zero-order chi connectivity index (χ0) is 19.5. The lowest BCUT2D eigenvalue weighted by atomic mass is 10.0. The SMILES string of the molecule is CC(C)c1ccc(CNc2nc3[nH]c(CN4CCOCC4)cc(=O)n3n2)cc1. The molecule has 0 spiro atoms. The van der Waals surface area contributed by atoms with Crippen molar-refractivity contribution in [1.29, 1.82) is 0 Å². The topological polar surface area (TPSA) is 87.5 Å². The Labute approximate surface area is 163 Å². The zero-order valence-corrected chi connectivity index (χ0v) is 16.3. The molecular weight excluding hydrogens is 356 g/mol. The van der Waals surface area contributed by atoms with Crippen molar-refractivity contribution < 1.29 is 4.74 Å². The van der Waals surface area contributed by atoms with Gasteiger partial charge in [-0.15, -0.1) is 5.10 Å². The Morgan fingerprint density at radius 1 is 1.21 bits per heavy atom. The minimum atomic E-state index is -0.182. The first-order chi connectivity index (χ1) is 13.6. The predicted octanol–water partition coefficient (Wildman–Crippen LogP) is 1.99. The number of aromatic nitrogens is 4. The van der Waals surface area contributed by atoms with Crippen LogP contribution in [0.2, 0.25) is 0 Å². The second-order valence-electron chi connectivity index (χ2n) is 7.44. The number of hydrogen-bond donors (Lipinski definition) is 2. The third kappa shape index (κ3) is 4.23. The average molecular weight is 382 g/mol. The molecule has 1 aliphatic heterocycles. The monoisotopic (exact) mass is 382 g/mol. The van der Waals surface area contributed by atoms with Gasteiger partial charge in [0.1, 0.15) is 0 Å². The van der Waals surface area contributed by atoms with Crippen LogP contribution in [0.3, 0.4) is 0 Å². The highest BCUT2D eigenvalue weighted by Crippen LogP contribution is 2.15. The maximum Gasteiger partial charge on any atom is 0.275 e. The molecule has 0 unspecified atom stereocenters. The number of rotatable bonds is 6. The summed E-state index contributed by atoms with van der Waals surface area (Å²) < 4.78 is 6.67. The van der Waals surface area contributed by atoms with Crippen LogP contribution >= 0.6 is 0 Å². The van der Waals surface area contributed by atoms with Gasteiger partial charge in [-0.2, -0.15) is 9.50 Å². The first kappa shape index (κ1) is 18.6. The van der Waals surface area contributed by atoms with Crippen LogP contribution in [0.15, 0.2) is 35.1 Å². The average Bonchev–Trinajstić information content (AvgIpc) is 3.11. The fourth-order valence-corrected chi connectivity index (χ4v) is 3.30. The summed E-state index contributed by atoms with van der Waals surface area (Å²) in [5.74, 6) is 1.40. The lowest BCUT2D eigenvalue weighted by Gasteiger charge is -2.26. The molecule has 0 amide bonds. The summed E-state index contributed by atoms with van der Waals surface area (Å²) in [5.41, 5.74) is 3.11. The van der Waals surface area contributed by atoms with Gasteiger partial charge in [-0.3, -0.25) is 9.69 Å². The molecule has 28 heavy (non-hydrogen) atoms. The number of aromatic amines is 1. The van der Waals surface area contributed by atoms with Gasteiger partial charge in [-0.1, -0.05) is 38.1 Å². The van der Waals surface area contributed by atoms with Crippen molar-refractivity contribution in [3.8, 4) is 0 Å². The van der Waals surface area contributed by atoms with Gasteiger partial charge < -0.3 is 15.0 Å². The summed E-state index contributed by atoms with van der Waals surface area (Å²) in [6.45, 7) is 8.81. The molecule has 2 N–H and O–H groups in total. The maximum absolute atomic E-state index is 12.4.